The van der Waals surface area contributed by atoms with Crippen molar-refractivity contribution in [2.24, 2.45) is 5.92 Å². The summed E-state index contributed by atoms with van der Waals surface area (Å²) >= 11 is 0. The maximum Gasteiger partial charge on any atom is 0.249 e. The zero-order chi connectivity index (χ0) is 18.5. The van der Waals surface area contributed by atoms with Gasteiger partial charge in [-0.2, -0.15) is 5.10 Å². The molecule has 7 nitrogen and oxygen atoms in total. The van der Waals surface area contributed by atoms with Crippen LogP contribution in [0.2, 0.25) is 0 Å². The van der Waals surface area contributed by atoms with E-state index in [-0.39, 0.29) is 5.91 Å². The highest BCUT2D eigenvalue weighted by molar-refractivity contribution is 5.93. The molecule has 1 aliphatic carbocycles. The molecule has 2 aliphatic rings. The highest BCUT2D eigenvalue weighted by atomic mass is 16.2. The van der Waals surface area contributed by atoms with E-state index in [2.05, 4.69) is 26.5 Å². The van der Waals surface area contributed by atoms with Gasteiger partial charge in [0.25, 0.3) is 0 Å². The van der Waals surface area contributed by atoms with Gasteiger partial charge in [0.15, 0.2) is 0 Å². The lowest BCUT2D eigenvalue weighted by Crippen LogP contribution is -2.35. The smallest absolute Gasteiger partial charge is 0.249 e. The number of anilines is 1. The molecule has 1 N–H and O–H groups in total. The van der Waals surface area contributed by atoms with E-state index in [1.54, 1.807) is 18.5 Å². The van der Waals surface area contributed by atoms with Crippen molar-refractivity contribution in [1.29, 1.82) is 0 Å². The number of aromatic nitrogens is 4. The van der Waals surface area contributed by atoms with Gasteiger partial charge in [-0.15, -0.1) is 0 Å². The minimum atomic E-state index is 0.203. The van der Waals surface area contributed by atoms with Crippen molar-refractivity contribution in [2.75, 3.05) is 18.4 Å². The van der Waals surface area contributed by atoms with E-state index < -0.39 is 0 Å². The van der Waals surface area contributed by atoms with Crippen LogP contribution in [-0.4, -0.2) is 43.6 Å². The van der Waals surface area contributed by atoms with Crippen molar-refractivity contribution in [3.05, 3.63) is 48.1 Å². The number of rotatable bonds is 5. The number of carbonyl (C=O) groups is 1. The van der Waals surface area contributed by atoms with E-state index in [0.29, 0.717) is 18.4 Å². The molecule has 2 aromatic heterocycles. The Hall–Kier alpha value is -2.70. The Morgan fingerprint density at radius 3 is 2.89 bits per heavy atom. The monoisotopic (exact) mass is 366 g/mol. The number of hydrogen-bond acceptors (Lipinski definition) is 5. The van der Waals surface area contributed by atoms with Gasteiger partial charge >= 0.3 is 0 Å². The van der Waals surface area contributed by atoms with Gasteiger partial charge < -0.3 is 10.2 Å². The van der Waals surface area contributed by atoms with Crippen molar-refractivity contribution < 1.29 is 4.79 Å². The number of carbonyl (C=O) groups excluding carboxylic acids is 1. The first kappa shape index (κ1) is 17.7. The number of nitrogens with one attached hydrogen (secondary N) is 1. The Balaban J connectivity index is 1.43. The fourth-order valence-corrected chi connectivity index (χ4v) is 3.88. The summed E-state index contributed by atoms with van der Waals surface area (Å²) in [7, 11) is 0. The van der Waals surface area contributed by atoms with Crippen LogP contribution in [0.15, 0.2) is 42.4 Å². The quantitative estimate of drug-likeness (QED) is 0.880. The Morgan fingerprint density at radius 2 is 2.07 bits per heavy atom. The third-order valence-corrected chi connectivity index (χ3v) is 5.32. The maximum absolute atomic E-state index is 13.1. The molecule has 1 aliphatic heterocycles. The molecule has 4 rings (SSSR count). The van der Waals surface area contributed by atoms with Gasteiger partial charge in [-0.1, -0.05) is 6.08 Å². The Labute approximate surface area is 159 Å². The molecule has 0 saturated carbocycles. The lowest BCUT2D eigenvalue weighted by atomic mass is 9.98. The molecule has 0 spiro atoms. The van der Waals surface area contributed by atoms with Crippen LogP contribution in [0.3, 0.4) is 0 Å². The summed E-state index contributed by atoms with van der Waals surface area (Å²) in [5.74, 6) is 1.19. The van der Waals surface area contributed by atoms with Gasteiger partial charge in [0.2, 0.25) is 11.9 Å². The number of allylic oxidation sites excluding steroid dienone is 1. The largest absolute Gasteiger partial charge is 0.354 e. The fourth-order valence-electron chi connectivity index (χ4n) is 3.88. The SMILES string of the molecule is O=C(C1=CCCCC1)N1Cc2ccnn2CC(CCNc2ncccn2)C1. The first-order valence-electron chi connectivity index (χ1n) is 9.79. The highest BCUT2D eigenvalue weighted by Gasteiger charge is 2.27. The minimum Gasteiger partial charge on any atom is -0.354 e. The number of hydrogen-bond donors (Lipinski definition) is 1. The molecule has 3 heterocycles. The highest BCUT2D eigenvalue weighted by Crippen LogP contribution is 2.24. The number of fused-ring (bicyclic) bond motifs is 1. The average Bonchev–Trinajstić information content (AvgIpc) is 3.07. The molecule has 1 atom stereocenters. The number of amides is 1. The molecule has 1 unspecified atom stereocenters. The minimum absolute atomic E-state index is 0.203. The van der Waals surface area contributed by atoms with E-state index in [1.807, 2.05) is 21.8 Å². The van der Waals surface area contributed by atoms with Gasteiger partial charge in [0.05, 0.1) is 12.2 Å². The molecular formula is C20H26N6O. The van der Waals surface area contributed by atoms with Crippen LogP contribution in [0.1, 0.15) is 37.8 Å². The van der Waals surface area contributed by atoms with E-state index in [1.165, 1.54) is 6.42 Å². The summed E-state index contributed by atoms with van der Waals surface area (Å²) in [6.45, 7) is 3.01. The van der Waals surface area contributed by atoms with Gasteiger partial charge in [0, 0.05) is 43.8 Å². The van der Waals surface area contributed by atoms with Crippen LogP contribution in [0.5, 0.6) is 0 Å². The summed E-state index contributed by atoms with van der Waals surface area (Å²) < 4.78 is 2.05. The Kier molecular flexibility index (Phi) is 5.46. The van der Waals surface area contributed by atoms with Crippen LogP contribution in [0, 0.1) is 5.92 Å². The summed E-state index contributed by atoms with van der Waals surface area (Å²) in [4.78, 5) is 23.5. The van der Waals surface area contributed by atoms with Gasteiger partial charge in [0.1, 0.15) is 0 Å². The van der Waals surface area contributed by atoms with Crippen LogP contribution < -0.4 is 5.32 Å². The Bertz CT molecular complexity index is 800. The number of nitrogens with zero attached hydrogens (tertiary/aromatic N) is 5. The van der Waals surface area contributed by atoms with Crippen molar-refractivity contribution in [2.45, 2.75) is 45.2 Å². The summed E-state index contributed by atoms with van der Waals surface area (Å²) in [5.41, 5.74) is 2.10. The predicted octanol–water partition coefficient (Wildman–Crippen LogP) is 2.63. The molecule has 7 heteroatoms. The Morgan fingerprint density at radius 1 is 1.19 bits per heavy atom. The van der Waals surface area contributed by atoms with E-state index >= 15 is 0 Å². The van der Waals surface area contributed by atoms with E-state index in [0.717, 1.165) is 56.6 Å². The van der Waals surface area contributed by atoms with Gasteiger partial charge in [-0.25, -0.2) is 9.97 Å². The summed E-state index contributed by atoms with van der Waals surface area (Å²) in [5, 5.41) is 7.73. The lowest BCUT2D eigenvalue weighted by molar-refractivity contribution is -0.128. The lowest BCUT2D eigenvalue weighted by Gasteiger charge is -2.26. The van der Waals surface area contributed by atoms with Crippen LogP contribution >= 0.6 is 0 Å². The molecule has 0 aromatic carbocycles. The van der Waals surface area contributed by atoms with Crippen molar-refractivity contribution in [1.82, 2.24) is 24.6 Å². The standard InChI is InChI=1S/C20H26N6O/c27-19(17-5-2-1-3-6-17)25-13-16(14-26-18(15-25)8-12-24-26)7-11-23-20-21-9-4-10-22-20/h4-5,8-10,12,16H,1-3,6-7,11,13-15H2,(H,21,22,23). The van der Waals surface area contributed by atoms with Crippen LogP contribution in [-0.2, 0) is 17.9 Å². The molecule has 0 radical (unpaired) electrons. The second-order valence-electron chi connectivity index (χ2n) is 7.32. The third-order valence-electron chi connectivity index (χ3n) is 5.32. The van der Waals surface area contributed by atoms with E-state index in [9.17, 15) is 4.79 Å². The van der Waals surface area contributed by atoms with Crippen molar-refractivity contribution in [3.8, 4) is 0 Å². The normalized spacial score (nSPS) is 19.8. The molecule has 142 valence electrons. The molecular weight excluding hydrogens is 340 g/mol. The summed E-state index contributed by atoms with van der Waals surface area (Å²) in [6.07, 6.45) is 12.6. The zero-order valence-electron chi connectivity index (χ0n) is 15.5. The molecule has 0 bridgehead atoms. The molecule has 0 fully saturated rings. The zero-order valence-corrected chi connectivity index (χ0v) is 15.5. The fraction of sp³-hybridized carbons (Fsp3) is 0.500. The molecule has 1 amide bonds. The van der Waals surface area contributed by atoms with Crippen LogP contribution in [0.25, 0.3) is 0 Å². The second kappa shape index (κ2) is 8.33. The first-order valence-corrected chi connectivity index (χ1v) is 9.79. The molecule has 0 saturated heterocycles. The topological polar surface area (TPSA) is 75.9 Å². The van der Waals surface area contributed by atoms with Crippen LogP contribution in [0.4, 0.5) is 5.95 Å². The second-order valence-corrected chi connectivity index (χ2v) is 7.32. The third kappa shape index (κ3) is 4.35. The van der Waals surface area contributed by atoms with Crippen molar-refractivity contribution in [3.63, 3.8) is 0 Å². The van der Waals surface area contributed by atoms with Crippen molar-refractivity contribution >= 4 is 11.9 Å². The van der Waals surface area contributed by atoms with Gasteiger partial charge in [-0.3, -0.25) is 9.48 Å². The summed E-state index contributed by atoms with van der Waals surface area (Å²) in [6, 6.07) is 3.83. The van der Waals surface area contributed by atoms with Gasteiger partial charge in [-0.05, 0) is 50.2 Å². The average molecular weight is 366 g/mol. The molecule has 27 heavy (non-hydrogen) atoms. The van der Waals surface area contributed by atoms with E-state index in [4.69, 9.17) is 0 Å². The molecule has 2 aromatic rings. The first-order chi connectivity index (χ1) is 13.3. The maximum atomic E-state index is 13.1. The predicted molar refractivity (Wildman–Crippen MR) is 103 cm³/mol.